The number of anilines is 1. The second kappa shape index (κ2) is 6.23. The summed E-state index contributed by atoms with van der Waals surface area (Å²) in [5.41, 5.74) is 1.86. The molecule has 0 bridgehead atoms. The molecule has 1 saturated heterocycles. The number of hydrogen-bond acceptors (Lipinski definition) is 4. The van der Waals surface area contributed by atoms with Crippen molar-refractivity contribution in [3.05, 3.63) is 53.2 Å². The lowest BCUT2D eigenvalue weighted by molar-refractivity contribution is -0.101. The van der Waals surface area contributed by atoms with Crippen LogP contribution in [0.2, 0.25) is 0 Å². The lowest BCUT2D eigenvalue weighted by Gasteiger charge is -2.39. The third-order valence-electron chi connectivity index (χ3n) is 4.78. The van der Waals surface area contributed by atoms with Gasteiger partial charge in [0.1, 0.15) is 11.6 Å². The third-order valence-corrected chi connectivity index (χ3v) is 4.78. The van der Waals surface area contributed by atoms with Crippen LogP contribution in [-0.2, 0) is 6.54 Å². The summed E-state index contributed by atoms with van der Waals surface area (Å²) in [5.74, 6) is -2.21. The standard InChI is InChI=1S/C19H19F2N3O2/c1-12-9-14-15(10-22-18(14)25)23-17(12)24-8-7-16(19(20,21)11-24)26-13-5-3-2-4-6-13/h2-6,9,16H,7-8,10-11H2,1H3,(H,22,25)/t16-/m0/s1. The quantitative estimate of drug-likeness (QED) is 0.916. The molecular formula is C19H19F2N3O2. The van der Waals surface area contributed by atoms with E-state index >= 15 is 0 Å². The molecular weight excluding hydrogens is 340 g/mol. The summed E-state index contributed by atoms with van der Waals surface area (Å²) in [4.78, 5) is 17.8. The first-order chi connectivity index (χ1) is 12.4. The van der Waals surface area contributed by atoms with E-state index in [1.807, 2.05) is 6.07 Å². The fourth-order valence-corrected chi connectivity index (χ4v) is 3.46. The molecule has 0 aliphatic carbocycles. The molecule has 0 radical (unpaired) electrons. The van der Waals surface area contributed by atoms with Crippen molar-refractivity contribution in [1.82, 2.24) is 10.3 Å². The molecule has 1 atom stereocenters. The van der Waals surface area contributed by atoms with Crippen LogP contribution in [-0.4, -0.2) is 36.0 Å². The van der Waals surface area contributed by atoms with Crippen LogP contribution in [0.5, 0.6) is 5.75 Å². The number of para-hydroxylation sites is 1. The number of nitrogens with zero attached hydrogens (tertiary/aromatic N) is 2. The van der Waals surface area contributed by atoms with E-state index in [1.165, 1.54) is 0 Å². The summed E-state index contributed by atoms with van der Waals surface area (Å²) in [6.07, 6.45) is -0.976. The van der Waals surface area contributed by atoms with Gasteiger partial charge in [0.25, 0.3) is 5.91 Å². The third kappa shape index (κ3) is 2.98. The number of fused-ring (bicyclic) bond motifs is 1. The highest BCUT2D eigenvalue weighted by Crippen LogP contribution is 2.34. The number of pyridine rings is 1. The SMILES string of the molecule is Cc1cc2c(nc1N1CC[C@H](Oc3ccccc3)C(F)(F)C1)CNC2=O. The van der Waals surface area contributed by atoms with Crippen molar-refractivity contribution in [3.8, 4) is 5.75 Å². The lowest BCUT2D eigenvalue weighted by Crippen LogP contribution is -2.54. The highest BCUT2D eigenvalue weighted by atomic mass is 19.3. The summed E-state index contributed by atoms with van der Waals surface area (Å²) in [7, 11) is 0. The molecule has 4 rings (SSSR count). The van der Waals surface area contributed by atoms with E-state index in [9.17, 15) is 13.6 Å². The van der Waals surface area contributed by atoms with Crippen molar-refractivity contribution in [1.29, 1.82) is 0 Å². The number of hydrogen-bond donors (Lipinski definition) is 1. The predicted octanol–water partition coefficient (Wildman–Crippen LogP) is 2.93. The Kier molecular flexibility index (Phi) is 4.01. The number of carbonyl (C=O) groups is 1. The summed E-state index contributed by atoms with van der Waals surface area (Å²) < 4.78 is 34.9. The molecule has 1 fully saturated rings. The van der Waals surface area contributed by atoms with Crippen LogP contribution < -0.4 is 15.0 Å². The Balaban J connectivity index is 1.54. The van der Waals surface area contributed by atoms with E-state index in [1.54, 1.807) is 42.2 Å². The molecule has 7 heteroatoms. The maximum absolute atomic E-state index is 14.7. The molecule has 5 nitrogen and oxygen atoms in total. The minimum Gasteiger partial charge on any atom is -0.484 e. The van der Waals surface area contributed by atoms with Crippen LogP contribution in [0.15, 0.2) is 36.4 Å². The van der Waals surface area contributed by atoms with Gasteiger partial charge in [0, 0.05) is 13.0 Å². The first-order valence-corrected chi connectivity index (χ1v) is 8.57. The van der Waals surface area contributed by atoms with Gasteiger partial charge >= 0.3 is 5.92 Å². The summed E-state index contributed by atoms with van der Waals surface area (Å²) >= 11 is 0. The van der Waals surface area contributed by atoms with E-state index in [0.717, 1.165) is 5.56 Å². The van der Waals surface area contributed by atoms with Crippen LogP contribution in [0.1, 0.15) is 28.0 Å². The Morgan fingerprint density at radius 3 is 2.81 bits per heavy atom. The number of aromatic nitrogens is 1. The summed E-state index contributed by atoms with van der Waals surface area (Å²) in [6.45, 7) is 2.09. The first kappa shape index (κ1) is 16.8. The first-order valence-electron chi connectivity index (χ1n) is 8.57. The zero-order valence-electron chi connectivity index (χ0n) is 14.3. The average Bonchev–Trinajstić information content (AvgIpc) is 2.97. The van der Waals surface area contributed by atoms with Gasteiger partial charge in [0.2, 0.25) is 0 Å². The summed E-state index contributed by atoms with van der Waals surface area (Å²) in [6, 6.07) is 10.4. The lowest BCUT2D eigenvalue weighted by atomic mass is 10.0. The number of amides is 1. The average molecular weight is 359 g/mol. The Bertz CT molecular complexity index is 842. The maximum Gasteiger partial charge on any atom is 0.301 e. The molecule has 26 heavy (non-hydrogen) atoms. The molecule has 2 aliphatic heterocycles. The zero-order valence-corrected chi connectivity index (χ0v) is 14.3. The Labute approximate surface area is 150 Å². The fraction of sp³-hybridized carbons (Fsp3) is 0.368. The predicted molar refractivity (Wildman–Crippen MR) is 92.8 cm³/mol. The van der Waals surface area contributed by atoms with Crippen molar-refractivity contribution >= 4 is 11.7 Å². The summed E-state index contributed by atoms with van der Waals surface area (Å²) in [5, 5.41) is 2.70. The zero-order chi connectivity index (χ0) is 18.3. The second-order valence-corrected chi connectivity index (χ2v) is 6.70. The number of alkyl halides is 2. The number of carbonyl (C=O) groups excluding carboxylic acids is 1. The molecule has 1 aromatic carbocycles. The molecule has 1 N–H and O–H groups in total. The Hall–Kier alpha value is -2.70. The highest BCUT2D eigenvalue weighted by Gasteiger charge is 2.47. The number of nitrogens with one attached hydrogen (secondary N) is 1. The number of rotatable bonds is 3. The van der Waals surface area contributed by atoms with E-state index in [2.05, 4.69) is 10.3 Å². The molecule has 0 spiro atoms. The normalized spacial score (nSPS) is 21.3. The molecule has 0 saturated carbocycles. The topological polar surface area (TPSA) is 54.5 Å². The van der Waals surface area contributed by atoms with Crippen molar-refractivity contribution in [2.45, 2.75) is 31.9 Å². The van der Waals surface area contributed by atoms with Gasteiger partial charge in [0.15, 0.2) is 6.10 Å². The number of halogens is 2. The molecule has 2 aliphatic rings. The maximum atomic E-state index is 14.7. The molecule has 2 aromatic rings. The Morgan fingerprint density at radius 1 is 1.31 bits per heavy atom. The molecule has 136 valence electrons. The van der Waals surface area contributed by atoms with Gasteiger partial charge in [-0.15, -0.1) is 0 Å². The van der Waals surface area contributed by atoms with Gasteiger partial charge < -0.3 is 15.0 Å². The van der Waals surface area contributed by atoms with Gasteiger partial charge in [-0.05, 0) is 30.7 Å². The number of aryl methyl sites for hydroxylation is 1. The van der Waals surface area contributed by atoms with Gasteiger partial charge in [-0.25, -0.2) is 13.8 Å². The smallest absolute Gasteiger partial charge is 0.301 e. The van der Waals surface area contributed by atoms with Crippen molar-refractivity contribution in [2.24, 2.45) is 0 Å². The van der Waals surface area contributed by atoms with Crippen LogP contribution in [0.3, 0.4) is 0 Å². The van der Waals surface area contributed by atoms with Gasteiger partial charge in [-0.2, -0.15) is 0 Å². The monoisotopic (exact) mass is 359 g/mol. The van der Waals surface area contributed by atoms with Gasteiger partial charge in [-0.1, -0.05) is 18.2 Å². The van der Waals surface area contributed by atoms with E-state index in [-0.39, 0.29) is 12.3 Å². The number of piperidine rings is 1. The van der Waals surface area contributed by atoms with Crippen molar-refractivity contribution in [2.75, 3.05) is 18.0 Å². The highest BCUT2D eigenvalue weighted by molar-refractivity contribution is 5.98. The van der Waals surface area contributed by atoms with Crippen molar-refractivity contribution in [3.63, 3.8) is 0 Å². The fourth-order valence-electron chi connectivity index (χ4n) is 3.46. The molecule has 1 aromatic heterocycles. The molecule has 1 amide bonds. The van der Waals surface area contributed by atoms with Crippen LogP contribution in [0, 0.1) is 6.92 Å². The van der Waals surface area contributed by atoms with Crippen LogP contribution in [0.25, 0.3) is 0 Å². The Morgan fingerprint density at radius 2 is 2.08 bits per heavy atom. The van der Waals surface area contributed by atoms with Gasteiger partial charge in [-0.3, -0.25) is 4.79 Å². The van der Waals surface area contributed by atoms with Crippen LogP contribution in [0.4, 0.5) is 14.6 Å². The van der Waals surface area contributed by atoms with Crippen LogP contribution >= 0.6 is 0 Å². The second-order valence-electron chi connectivity index (χ2n) is 6.70. The number of ether oxygens (including phenoxy) is 1. The van der Waals surface area contributed by atoms with E-state index in [4.69, 9.17) is 4.74 Å². The van der Waals surface area contributed by atoms with Gasteiger partial charge in [0.05, 0.1) is 24.3 Å². The number of benzene rings is 1. The van der Waals surface area contributed by atoms with E-state index < -0.39 is 18.6 Å². The molecule has 0 unspecified atom stereocenters. The van der Waals surface area contributed by atoms with E-state index in [0.29, 0.717) is 35.9 Å². The molecule has 3 heterocycles. The largest absolute Gasteiger partial charge is 0.484 e. The minimum absolute atomic E-state index is 0.164. The minimum atomic E-state index is -3.00. The van der Waals surface area contributed by atoms with Crippen molar-refractivity contribution < 1.29 is 18.3 Å².